The van der Waals surface area contributed by atoms with Gasteiger partial charge in [-0.15, -0.1) is 0 Å². The minimum atomic E-state index is -1.16. The first-order chi connectivity index (χ1) is 8.49. The first-order valence-electron chi connectivity index (χ1n) is 5.29. The van der Waals surface area contributed by atoms with Crippen molar-refractivity contribution in [1.82, 2.24) is 10.3 Å². The molecular formula is C11H11N3O4. The summed E-state index contributed by atoms with van der Waals surface area (Å²) < 4.78 is 0. The van der Waals surface area contributed by atoms with Gasteiger partial charge in [-0.05, 0) is 19.1 Å². The number of imide groups is 1. The zero-order valence-electron chi connectivity index (χ0n) is 9.58. The topological polar surface area (TPSA) is 99.6 Å². The molecule has 1 aliphatic heterocycles. The summed E-state index contributed by atoms with van der Waals surface area (Å²) in [6.45, 7) is 1.60. The summed E-state index contributed by atoms with van der Waals surface area (Å²) >= 11 is 0. The lowest BCUT2D eigenvalue weighted by molar-refractivity contribution is -0.132. The number of nitrogens with zero attached hydrogens (tertiary/aromatic N) is 2. The number of anilines is 1. The number of hydrogen-bond donors (Lipinski definition) is 2. The van der Waals surface area contributed by atoms with Crippen molar-refractivity contribution in [2.45, 2.75) is 13.0 Å². The van der Waals surface area contributed by atoms with Crippen molar-refractivity contribution in [2.24, 2.45) is 0 Å². The normalized spacial score (nSPS) is 19.6. The largest absolute Gasteiger partial charge is 0.477 e. The highest BCUT2D eigenvalue weighted by molar-refractivity contribution is 6.04. The zero-order chi connectivity index (χ0) is 13.3. The maximum absolute atomic E-state index is 11.5. The average molecular weight is 249 g/mol. The van der Waals surface area contributed by atoms with Crippen molar-refractivity contribution in [3.8, 4) is 0 Å². The second kappa shape index (κ2) is 4.44. The van der Waals surface area contributed by atoms with E-state index < -0.39 is 23.8 Å². The minimum absolute atomic E-state index is 0.0248. The molecule has 0 bridgehead atoms. The van der Waals surface area contributed by atoms with E-state index in [1.165, 1.54) is 17.0 Å². The van der Waals surface area contributed by atoms with Gasteiger partial charge in [-0.2, -0.15) is 0 Å². The van der Waals surface area contributed by atoms with E-state index >= 15 is 0 Å². The maximum Gasteiger partial charge on any atom is 0.354 e. The third-order valence-electron chi connectivity index (χ3n) is 2.67. The third-order valence-corrected chi connectivity index (χ3v) is 2.67. The van der Waals surface area contributed by atoms with Gasteiger partial charge in [0.05, 0.1) is 6.54 Å². The number of carbonyl (C=O) groups excluding carboxylic acids is 2. The van der Waals surface area contributed by atoms with Gasteiger partial charge >= 0.3 is 5.97 Å². The summed E-state index contributed by atoms with van der Waals surface area (Å²) in [7, 11) is 0. The number of rotatable bonds is 2. The predicted octanol–water partition coefficient (Wildman–Crippen LogP) is -0.369. The van der Waals surface area contributed by atoms with Gasteiger partial charge in [0.2, 0.25) is 11.8 Å². The smallest absolute Gasteiger partial charge is 0.354 e. The molecule has 18 heavy (non-hydrogen) atoms. The van der Waals surface area contributed by atoms with Gasteiger partial charge in [0, 0.05) is 0 Å². The van der Waals surface area contributed by atoms with Crippen LogP contribution < -0.4 is 10.2 Å². The Morgan fingerprint density at radius 2 is 2.22 bits per heavy atom. The zero-order valence-corrected chi connectivity index (χ0v) is 9.58. The van der Waals surface area contributed by atoms with Crippen molar-refractivity contribution >= 4 is 23.6 Å². The van der Waals surface area contributed by atoms with Crippen LogP contribution in [0.25, 0.3) is 0 Å². The van der Waals surface area contributed by atoms with Crippen LogP contribution in [-0.2, 0) is 9.59 Å². The predicted molar refractivity (Wildman–Crippen MR) is 61.2 cm³/mol. The first kappa shape index (κ1) is 12.0. The first-order valence-corrected chi connectivity index (χ1v) is 5.29. The fraction of sp³-hybridized carbons (Fsp3) is 0.273. The number of carboxylic acid groups (broad SMARTS) is 1. The molecule has 1 saturated heterocycles. The Kier molecular flexibility index (Phi) is 2.97. The van der Waals surface area contributed by atoms with E-state index in [-0.39, 0.29) is 12.2 Å². The summed E-state index contributed by atoms with van der Waals surface area (Å²) in [5.41, 5.74) is -0.127. The van der Waals surface area contributed by atoms with Gasteiger partial charge in [0.1, 0.15) is 11.9 Å². The van der Waals surface area contributed by atoms with Gasteiger partial charge in [-0.1, -0.05) is 6.07 Å². The van der Waals surface area contributed by atoms with Crippen LogP contribution in [0.2, 0.25) is 0 Å². The maximum atomic E-state index is 11.5. The van der Waals surface area contributed by atoms with Crippen LogP contribution in [0.5, 0.6) is 0 Å². The molecule has 2 N–H and O–H groups in total. The molecule has 0 saturated carbocycles. The summed E-state index contributed by atoms with van der Waals surface area (Å²) in [5, 5.41) is 11.1. The number of nitrogens with one attached hydrogen (secondary N) is 1. The molecular weight excluding hydrogens is 238 g/mol. The summed E-state index contributed by atoms with van der Waals surface area (Å²) in [6.07, 6.45) is 0. The Hall–Kier alpha value is -2.44. The van der Waals surface area contributed by atoms with Crippen LogP contribution in [0.3, 0.4) is 0 Å². The van der Waals surface area contributed by atoms with Crippen LogP contribution in [0.4, 0.5) is 5.82 Å². The lowest BCUT2D eigenvalue weighted by atomic mass is 10.2. The Morgan fingerprint density at radius 3 is 2.89 bits per heavy atom. The Labute approximate surface area is 102 Å². The highest BCUT2D eigenvalue weighted by Crippen LogP contribution is 2.16. The Bertz CT molecular complexity index is 529. The summed E-state index contributed by atoms with van der Waals surface area (Å²) in [6, 6.07) is 3.87. The minimum Gasteiger partial charge on any atom is -0.477 e. The van der Waals surface area contributed by atoms with Gasteiger partial charge in [0.25, 0.3) is 0 Å². The molecule has 1 atom stereocenters. The molecule has 1 unspecified atom stereocenters. The van der Waals surface area contributed by atoms with Crippen LogP contribution >= 0.6 is 0 Å². The third kappa shape index (κ3) is 2.15. The second-order valence-electron chi connectivity index (χ2n) is 3.90. The lowest BCUT2D eigenvalue weighted by Crippen LogP contribution is -2.57. The van der Waals surface area contributed by atoms with E-state index in [1.807, 2.05) is 0 Å². The molecule has 2 rings (SSSR count). The molecule has 1 fully saturated rings. The van der Waals surface area contributed by atoms with Crippen LogP contribution in [0.1, 0.15) is 17.4 Å². The molecule has 0 spiro atoms. The quantitative estimate of drug-likeness (QED) is 0.694. The van der Waals surface area contributed by atoms with Crippen molar-refractivity contribution in [3.05, 3.63) is 23.9 Å². The average Bonchev–Trinajstić information content (AvgIpc) is 2.34. The van der Waals surface area contributed by atoms with Gasteiger partial charge in [-0.25, -0.2) is 9.78 Å². The number of carbonyl (C=O) groups is 3. The van der Waals surface area contributed by atoms with Crippen LogP contribution in [0.15, 0.2) is 18.2 Å². The van der Waals surface area contributed by atoms with Gasteiger partial charge < -0.3 is 10.0 Å². The van der Waals surface area contributed by atoms with E-state index in [1.54, 1.807) is 13.0 Å². The van der Waals surface area contributed by atoms with E-state index in [0.29, 0.717) is 5.82 Å². The molecule has 1 aliphatic rings. The molecule has 0 aliphatic carbocycles. The number of aromatic nitrogens is 1. The number of piperazine rings is 1. The number of hydrogen-bond acceptors (Lipinski definition) is 5. The number of aromatic carboxylic acids is 1. The molecule has 0 radical (unpaired) electrons. The molecule has 7 heteroatoms. The summed E-state index contributed by atoms with van der Waals surface area (Å²) in [4.78, 5) is 39.0. The fourth-order valence-electron chi connectivity index (χ4n) is 1.70. The van der Waals surface area contributed by atoms with Crippen molar-refractivity contribution in [3.63, 3.8) is 0 Å². The standard InChI is InChI=1S/C11H11N3O4/c1-6-10(16)13-9(15)5-14(6)8-4-2-3-7(12-8)11(17)18/h2-4,6H,5H2,1H3,(H,17,18)(H,13,15,16). The van der Waals surface area contributed by atoms with Crippen LogP contribution in [0, 0.1) is 0 Å². The monoisotopic (exact) mass is 249 g/mol. The molecule has 1 aromatic rings. The lowest BCUT2D eigenvalue weighted by Gasteiger charge is -2.32. The Balaban J connectivity index is 2.35. The van der Waals surface area contributed by atoms with Crippen molar-refractivity contribution in [1.29, 1.82) is 0 Å². The highest BCUT2D eigenvalue weighted by atomic mass is 16.4. The SMILES string of the molecule is CC1C(=O)NC(=O)CN1c1cccc(C(=O)O)n1. The molecule has 2 amide bonds. The molecule has 0 aromatic carbocycles. The van der Waals surface area contributed by atoms with Crippen molar-refractivity contribution in [2.75, 3.05) is 11.4 Å². The molecule has 94 valence electrons. The van der Waals surface area contributed by atoms with E-state index in [9.17, 15) is 14.4 Å². The van der Waals surface area contributed by atoms with E-state index in [0.717, 1.165) is 0 Å². The van der Waals surface area contributed by atoms with E-state index in [4.69, 9.17) is 5.11 Å². The number of amides is 2. The molecule has 7 nitrogen and oxygen atoms in total. The number of pyridine rings is 1. The van der Waals surface area contributed by atoms with Gasteiger partial charge in [-0.3, -0.25) is 14.9 Å². The molecule has 2 heterocycles. The fourth-order valence-corrected chi connectivity index (χ4v) is 1.70. The Morgan fingerprint density at radius 1 is 1.50 bits per heavy atom. The van der Waals surface area contributed by atoms with Gasteiger partial charge in [0.15, 0.2) is 5.69 Å². The number of carboxylic acids is 1. The van der Waals surface area contributed by atoms with E-state index in [2.05, 4.69) is 10.3 Å². The van der Waals surface area contributed by atoms with Crippen molar-refractivity contribution < 1.29 is 19.5 Å². The second-order valence-corrected chi connectivity index (χ2v) is 3.90. The molecule has 1 aromatic heterocycles. The summed E-state index contributed by atoms with van der Waals surface area (Å²) in [5.74, 6) is -1.71. The highest BCUT2D eigenvalue weighted by Gasteiger charge is 2.31. The van der Waals surface area contributed by atoms with Crippen LogP contribution in [-0.4, -0.2) is 40.5 Å².